The first kappa shape index (κ1) is 34.3. The zero-order chi connectivity index (χ0) is 36.7. The molecule has 1 aromatic heterocycles. The molecule has 0 N–H and O–H groups in total. The van der Waals surface area contributed by atoms with Crippen LogP contribution in [-0.2, 0) is 25.5 Å². The van der Waals surface area contributed by atoms with E-state index in [1.165, 1.54) is 93.3 Å². The van der Waals surface area contributed by atoms with E-state index < -0.39 is 0 Å². The third kappa shape index (κ3) is 5.44. The molecule has 1 nitrogen and oxygen atoms in total. The number of hydrogen-bond acceptors (Lipinski definition) is 1. The Balaban J connectivity index is 0.00000384. The van der Waals surface area contributed by atoms with E-state index in [1.807, 2.05) is 6.20 Å². The molecule has 0 atom stereocenters. The van der Waals surface area contributed by atoms with E-state index in [0.29, 0.717) is 0 Å². The van der Waals surface area contributed by atoms with Gasteiger partial charge in [-0.15, -0.1) is 29.3 Å². The van der Waals surface area contributed by atoms with E-state index in [0.717, 1.165) is 16.6 Å². The maximum Gasteiger partial charge on any atom is 0.0189 e. The molecule has 11 rings (SSSR count). The first-order chi connectivity index (χ1) is 27.0. The van der Waals surface area contributed by atoms with Crippen molar-refractivity contribution in [1.82, 2.24) is 4.98 Å². The summed E-state index contributed by atoms with van der Waals surface area (Å²) in [5.41, 5.74) is 14.3. The van der Waals surface area contributed by atoms with Crippen LogP contribution in [0.25, 0.3) is 98.9 Å². The Morgan fingerprint density at radius 1 is 0.411 bits per heavy atom. The predicted octanol–water partition coefficient (Wildman–Crippen LogP) is 14.5. The number of pyridine rings is 1. The van der Waals surface area contributed by atoms with Gasteiger partial charge in [0.1, 0.15) is 0 Å². The first-order valence-corrected chi connectivity index (χ1v) is 19.1. The van der Waals surface area contributed by atoms with Crippen molar-refractivity contribution in [3.8, 4) is 55.8 Å². The molecule has 1 aliphatic carbocycles. The van der Waals surface area contributed by atoms with Crippen LogP contribution in [0.15, 0.2) is 182 Å². The second-order valence-electron chi connectivity index (χ2n) is 15.5. The van der Waals surface area contributed by atoms with E-state index in [2.05, 4.69) is 196 Å². The minimum absolute atomic E-state index is 0. The molecule has 0 amide bonds. The fraction of sp³-hybridized carbons (Fsp3) is 0.0556. The molecule has 1 radical (unpaired) electrons. The van der Waals surface area contributed by atoms with Crippen LogP contribution in [0.5, 0.6) is 0 Å². The van der Waals surface area contributed by atoms with Crippen LogP contribution in [0.3, 0.4) is 0 Å². The Morgan fingerprint density at radius 3 is 1.75 bits per heavy atom. The molecule has 0 fully saturated rings. The minimum Gasteiger partial charge on any atom is -0.294 e. The molecule has 0 saturated carbocycles. The summed E-state index contributed by atoms with van der Waals surface area (Å²) in [6.45, 7) is 4.70. The second kappa shape index (κ2) is 13.2. The summed E-state index contributed by atoms with van der Waals surface area (Å²) < 4.78 is 0. The number of nitrogens with zero attached hydrogens (tertiary/aromatic N) is 1. The van der Waals surface area contributed by atoms with Crippen LogP contribution in [0.4, 0.5) is 0 Å². The van der Waals surface area contributed by atoms with Crippen molar-refractivity contribution in [3.63, 3.8) is 0 Å². The van der Waals surface area contributed by atoms with Crippen molar-refractivity contribution >= 4 is 43.1 Å². The molecule has 0 saturated heterocycles. The van der Waals surface area contributed by atoms with Crippen LogP contribution in [-0.4, -0.2) is 4.98 Å². The molecule has 10 aromatic rings. The van der Waals surface area contributed by atoms with E-state index in [9.17, 15) is 0 Å². The number of benzene rings is 9. The van der Waals surface area contributed by atoms with Crippen LogP contribution < -0.4 is 0 Å². The first-order valence-electron chi connectivity index (χ1n) is 19.1. The number of fused-ring (bicyclic) bond motifs is 7. The van der Waals surface area contributed by atoms with Crippen LogP contribution >= 0.6 is 0 Å². The molecule has 1 aliphatic rings. The minimum atomic E-state index is -0.182. The van der Waals surface area contributed by atoms with E-state index in [-0.39, 0.29) is 25.5 Å². The molecule has 0 aliphatic heterocycles. The largest absolute Gasteiger partial charge is 0.294 e. The predicted molar refractivity (Wildman–Crippen MR) is 232 cm³/mol. The molecule has 56 heavy (non-hydrogen) atoms. The fourth-order valence-corrected chi connectivity index (χ4v) is 9.05. The summed E-state index contributed by atoms with van der Waals surface area (Å²) in [6.07, 6.45) is 1.91. The van der Waals surface area contributed by atoms with Gasteiger partial charge in [0.2, 0.25) is 0 Å². The van der Waals surface area contributed by atoms with Crippen molar-refractivity contribution in [2.24, 2.45) is 0 Å². The summed E-state index contributed by atoms with van der Waals surface area (Å²) in [6, 6.07) is 68.5. The van der Waals surface area contributed by atoms with Gasteiger partial charge in [-0.3, -0.25) is 4.98 Å². The topological polar surface area (TPSA) is 12.9 Å². The van der Waals surface area contributed by atoms with Gasteiger partial charge in [0.15, 0.2) is 0 Å². The van der Waals surface area contributed by atoms with E-state index in [4.69, 9.17) is 4.98 Å². The Kier molecular flexibility index (Phi) is 8.11. The average molecular weight is 891 g/mol. The molecule has 1 heterocycles. The van der Waals surface area contributed by atoms with E-state index in [1.54, 1.807) is 0 Å². The van der Waals surface area contributed by atoms with Gasteiger partial charge < -0.3 is 0 Å². The maximum absolute atomic E-state index is 4.83. The summed E-state index contributed by atoms with van der Waals surface area (Å²) in [5, 5.41) is 9.85. The Bertz CT molecular complexity index is 3180. The molecule has 0 bridgehead atoms. The van der Waals surface area contributed by atoms with Crippen molar-refractivity contribution in [2.75, 3.05) is 0 Å². The Hall–Kier alpha value is -6.18. The molecular weight excluding hydrogens is 855 g/mol. The summed E-state index contributed by atoms with van der Waals surface area (Å²) in [7, 11) is 0. The van der Waals surface area contributed by atoms with Gasteiger partial charge in [-0.1, -0.05) is 170 Å². The summed E-state index contributed by atoms with van der Waals surface area (Å²) >= 11 is 0. The molecule has 267 valence electrons. The number of rotatable bonds is 4. The van der Waals surface area contributed by atoms with Gasteiger partial charge in [0.25, 0.3) is 0 Å². The molecule has 0 unspecified atom stereocenters. The Morgan fingerprint density at radius 2 is 0.982 bits per heavy atom. The van der Waals surface area contributed by atoms with Gasteiger partial charge in [0.05, 0.1) is 0 Å². The van der Waals surface area contributed by atoms with Gasteiger partial charge in [-0.05, 0) is 106 Å². The van der Waals surface area contributed by atoms with Crippen molar-refractivity contribution in [2.45, 2.75) is 19.3 Å². The second-order valence-corrected chi connectivity index (χ2v) is 15.5. The van der Waals surface area contributed by atoms with Crippen LogP contribution in [0, 0.1) is 6.07 Å². The number of hydrogen-bond donors (Lipinski definition) is 0. The molecular formula is C54H36IrN-. The van der Waals surface area contributed by atoms with Crippen LogP contribution in [0.1, 0.15) is 25.0 Å². The maximum atomic E-state index is 4.83. The number of aromatic nitrogens is 1. The molecule has 9 aromatic carbocycles. The van der Waals surface area contributed by atoms with Gasteiger partial charge >= 0.3 is 0 Å². The summed E-state index contributed by atoms with van der Waals surface area (Å²) in [5.74, 6) is 0. The third-order valence-electron chi connectivity index (χ3n) is 12.0. The third-order valence-corrected chi connectivity index (χ3v) is 12.0. The smallest absolute Gasteiger partial charge is 0.0189 e. The molecule has 0 spiro atoms. The van der Waals surface area contributed by atoms with Crippen molar-refractivity contribution in [1.29, 1.82) is 0 Å². The average Bonchev–Trinajstić information content (AvgIpc) is 3.47. The van der Waals surface area contributed by atoms with Crippen molar-refractivity contribution < 1.29 is 20.1 Å². The monoisotopic (exact) mass is 891 g/mol. The van der Waals surface area contributed by atoms with Crippen molar-refractivity contribution in [3.05, 3.63) is 199 Å². The molecule has 2 heteroatoms. The quantitative estimate of drug-likeness (QED) is 0.160. The Labute approximate surface area is 340 Å². The zero-order valence-corrected chi connectivity index (χ0v) is 33.5. The SMILES string of the molecule is CC1(C)c2ccc(-c3nccc4ccccc34)[c-]c2-c2ccc(-c3ccc(-c4ccc5ccccc5c4)c4ccc(-c5ccc6ccccc6c5)cc34)cc21.[Ir]. The van der Waals surface area contributed by atoms with Gasteiger partial charge in [0, 0.05) is 32.0 Å². The summed E-state index contributed by atoms with van der Waals surface area (Å²) in [4.78, 5) is 4.83. The standard InChI is InChI=1S/C54H36N.Ir/c1-54(2)51-26-21-43(53-46-14-8-7-11-36(46)27-28-55-53)32-50(51)48-23-20-42(33-52(48)54)45-25-24-44(41-18-16-35-10-4-6-13-38(35)30-41)47-22-19-40(31-49(45)47)39-17-15-34-9-3-5-12-37(34)29-39;/h3-31,33H,1-2H3;/q-1;. The van der Waals surface area contributed by atoms with Gasteiger partial charge in [-0.2, -0.15) is 0 Å². The van der Waals surface area contributed by atoms with E-state index >= 15 is 0 Å². The van der Waals surface area contributed by atoms with Gasteiger partial charge in [-0.25, -0.2) is 0 Å². The fourth-order valence-electron chi connectivity index (χ4n) is 9.05. The normalized spacial score (nSPS) is 12.8. The van der Waals surface area contributed by atoms with Crippen LogP contribution in [0.2, 0.25) is 0 Å². The zero-order valence-electron chi connectivity index (χ0n) is 31.1.